The number of nitrogens with two attached hydrogens (primary N) is 1. The van der Waals surface area contributed by atoms with Gasteiger partial charge in [-0.1, -0.05) is 0 Å². The van der Waals surface area contributed by atoms with Gasteiger partial charge in [0.25, 0.3) is 6.08 Å². The van der Waals surface area contributed by atoms with Crippen molar-refractivity contribution in [3.8, 4) is 0 Å². The molecule has 0 unspecified atom stereocenters. The maximum absolute atomic E-state index is 12.3. The Morgan fingerprint density at radius 1 is 1.50 bits per heavy atom. The number of nitrogens with one attached hydrogen (secondary N) is 1. The van der Waals surface area contributed by atoms with Gasteiger partial charge in [0.05, 0.1) is 0 Å². The van der Waals surface area contributed by atoms with Gasteiger partial charge in [-0.15, -0.1) is 5.10 Å². The highest BCUT2D eigenvalue weighted by atomic mass is 19.3. The van der Waals surface area contributed by atoms with Gasteiger partial charge in [-0.3, -0.25) is 0 Å². The number of aromatic nitrogens is 4. The summed E-state index contributed by atoms with van der Waals surface area (Å²) in [6.07, 6.45) is -0.975. The molecule has 1 aliphatic carbocycles. The standard InChI is InChI=1S/C7H9F2N5/c8-6(9)4-1-3(2-5(4)10)7-11-13-14-12-7/h3,5H,1-2,10H2,(H,11,12,13,14)/t3-,5-/m0/s1. The Morgan fingerprint density at radius 3 is 2.79 bits per heavy atom. The van der Waals surface area contributed by atoms with Crippen molar-refractivity contribution < 1.29 is 8.78 Å². The summed E-state index contributed by atoms with van der Waals surface area (Å²) in [5, 5.41) is 13.0. The van der Waals surface area contributed by atoms with Gasteiger partial charge in [-0.25, -0.2) is 5.10 Å². The minimum absolute atomic E-state index is 0.0198. The summed E-state index contributed by atoms with van der Waals surface area (Å²) in [5.41, 5.74) is 5.58. The highest BCUT2D eigenvalue weighted by molar-refractivity contribution is 5.21. The van der Waals surface area contributed by atoms with Crippen LogP contribution in [0.25, 0.3) is 0 Å². The summed E-state index contributed by atoms with van der Waals surface area (Å²) >= 11 is 0. The largest absolute Gasteiger partial charge is 0.324 e. The van der Waals surface area contributed by atoms with E-state index in [2.05, 4.69) is 20.6 Å². The van der Waals surface area contributed by atoms with Gasteiger partial charge in [0.15, 0.2) is 5.82 Å². The topological polar surface area (TPSA) is 80.5 Å². The lowest BCUT2D eigenvalue weighted by Gasteiger charge is -2.01. The van der Waals surface area contributed by atoms with E-state index in [0.29, 0.717) is 12.2 Å². The molecular formula is C7H9F2N5. The lowest BCUT2D eigenvalue weighted by molar-refractivity contribution is 0.405. The van der Waals surface area contributed by atoms with E-state index >= 15 is 0 Å². The molecule has 0 aromatic carbocycles. The Balaban J connectivity index is 2.19. The molecule has 0 saturated heterocycles. The van der Waals surface area contributed by atoms with E-state index in [0.717, 1.165) is 0 Å². The third kappa shape index (κ3) is 1.50. The van der Waals surface area contributed by atoms with Crippen LogP contribution >= 0.6 is 0 Å². The first-order chi connectivity index (χ1) is 6.68. The summed E-state index contributed by atoms with van der Waals surface area (Å²) in [6, 6.07) is -0.574. The zero-order valence-corrected chi connectivity index (χ0v) is 7.24. The molecule has 0 spiro atoms. The van der Waals surface area contributed by atoms with Gasteiger partial charge in [-0.05, 0) is 23.3 Å². The molecule has 0 amide bonds. The van der Waals surface area contributed by atoms with Crippen molar-refractivity contribution >= 4 is 0 Å². The number of nitrogens with zero attached hydrogens (tertiary/aromatic N) is 3. The molecule has 14 heavy (non-hydrogen) atoms. The Hall–Kier alpha value is -1.37. The van der Waals surface area contributed by atoms with Crippen LogP contribution in [0.2, 0.25) is 0 Å². The fraction of sp³-hybridized carbons (Fsp3) is 0.571. The molecule has 0 radical (unpaired) electrons. The first-order valence-corrected chi connectivity index (χ1v) is 4.21. The fourth-order valence-electron chi connectivity index (χ4n) is 1.71. The van der Waals surface area contributed by atoms with Gasteiger partial charge in [0, 0.05) is 17.5 Å². The third-order valence-electron chi connectivity index (χ3n) is 2.44. The molecule has 1 aromatic rings. The van der Waals surface area contributed by atoms with Crippen molar-refractivity contribution in [3.05, 3.63) is 17.5 Å². The van der Waals surface area contributed by atoms with E-state index in [1.807, 2.05) is 0 Å². The van der Waals surface area contributed by atoms with Crippen LogP contribution in [-0.2, 0) is 0 Å². The first kappa shape index (κ1) is 9.20. The predicted octanol–water partition coefficient (Wildman–Crippen LogP) is 0.555. The van der Waals surface area contributed by atoms with Crippen LogP contribution in [0.15, 0.2) is 11.7 Å². The van der Waals surface area contributed by atoms with Crippen LogP contribution in [0, 0.1) is 0 Å². The second kappa shape index (κ2) is 3.41. The molecule has 0 aliphatic heterocycles. The van der Waals surface area contributed by atoms with E-state index in [4.69, 9.17) is 5.73 Å². The molecule has 0 bridgehead atoms. The maximum Gasteiger partial charge on any atom is 0.271 e. The normalized spacial score (nSPS) is 26.9. The SMILES string of the molecule is N[C@H]1C[C@@H](c2nnn[nH]2)CC1=C(F)F. The van der Waals surface area contributed by atoms with Crippen molar-refractivity contribution in [2.45, 2.75) is 24.8 Å². The number of hydrogen-bond acceptors (Lipinski definition) is 4. The van der Waals surface area contributed by atoms with Gasteiger partial charge >= 0.3 is 0 Å². The molecule has 3 N–H and O–H groups in total. The third-order valence-corrected chi connectivity index (χ3v) is 2.44. The monoisotopic (exact) mass is 201 g/mol. The number of halogens is 2. The van der Waals surface area contributed by atoms with E-state index in [1.54, 1.807) is 0 Å². The van der Waals surface area contributed by atoms with Crippen LogP contribution in [0.1, 0.15) is 24.6 Å². The van der Waals surface area contributed by atoms with Crippen LogP contribution < -0.4 is 5.73 Å². The molecule has 1 saturated carbocycles. The lowest BCUT2D eigenvalue weighted by Crippen LogP contribution is -2.17. The maximum atomic E-state index is 12.3. The summed E-state index contributed by atoms with van der Waals surface area (Å²) in [4.78, 5) is 0. The highest BCUT2D eigenvalue weighted by Gasteiger charge is 2.32. The summed E-state index contributed by atoms with van der Waals surface area (Å²) in [7, 11) is 0. The van der Waals surface area contributed by atoms with Gasteiger partial charge in [0.2, 0.25) is 0 Å². The van der Waals surface area contributed by atoms with Crippen LogP contribution in [0.5, 0.6) is 0 Å². The summed E-state index contributed by atoms with van der Waals surface area (Å²) < 4.78 is 24.7. The van der Waals surface area contributed by atoms with Crippen molar-refractivity contribution in [1.82, 2.24) is 20.6 Å². The van der Waals surface area contributed by atoms with Crippen LogP contribution in [0.3, 0.4) is 0 Å². The molecule has 1 fully saturated rings. The number of tetrazole rings is 1. The lowest BCUT2D eigenvalue weighted by atomic mass is 10.1. The molecule has 5 nitrogen and oxygen atoms in total. The van der Waals surface area contributed by atoms with E-state index < -0.39 is 12.1 Å². The Labute approximate surface area is 78.4 Å². The Morgan fingerprint density at radius 2 is 2.29 bits per heavy atom. The van der Waals surface area contributed by atoms with E-state index in [9.17, 15) is 8.78 Å². The zero-order valence-electron chi connectivity index (χ0n) is 7.24. The molecule has 2 atom stereocenters. The molecule has 1 aliphatic rings. The number of aromatic amines is 1. The average Bonchev–Trinajstić information content (AvgIpc) is 2.70. The number of H-pyrrole nitrogens is 1. The second-order valence-electron chi connectivity index (χ2n) is 3.32. The van der Waals surface area contributed by atoms with Crippen molar-refractivity contribution in [2.75, 3.05) is 0 Å². The van der Waals surface area contributed by atoms with Crippen LogP contribution in [-0.4, -0.2) is 26.7 Å². The molecule has 76 valence electrons. The van der Waals surface area contributed by atoms with E-state index in [1.165, 1.54) is 0 Å². The predicted molar refractivity (Wildman–Crippen MR) is 43.4 cm³/mol. The smallest absolute Gasteiger partial charge is 0.271 e. The van der Waals surface area contributed by atoms with Crippen molar-refractivity contribution in [3.63, 3.8) is 0 Å². The average molecular weight is 201 g/mol. The zero-order chi connectivity index (χ0) is 10.1. The quantitative estimate of drug-likeness (QED) is 0.695. The highest BCUT2D eigenvalue weighted by Crippen LogP contribution is 2.37. The number of rotatable bonds is 1. The molecule has 1 aromatic heterocycles. The summed E-state index contributed by atoms with van der Waals surface area (Å²) in [5.74, 6) is 0.410. The number of hydrogen-bond donors (Lipinski definition) is 2. The molecule has 7 heteroatoms. The van der Waals surface area contributed by atoms with Gasteiger partial charge in [-0.2, -0.15) is 8.78 Å². The molecule has 2 rings (SSSR count). The molecular weight excluding hydrogens is 192 g/mol. The van der Waals surface area contributed by atoms with Crippen LogP contribution in [0.4, 0.5) is 8.78 Å². The van der Waals surface area contributed by atoms with Crippen molar-refractivity contribution in [1.29, 1.82) is 0 Å². The Bertz CT molecular complexity index is 343. The van der Waals surface area contributed by atoms with Gasteiger partial charge in [0.1, 0.15) is 0 Å². The first-order valence-electron chi connectivity index (χ1n) is 4.21. The minimum atomic E-state index is -1.67. The second-order valence-corrected chi connectivity index (χ2v) is 3.32. The van der Waals surface area contributed by atoms with Crippen molar-refractivity contribution in [2.24, 2.45) is 5.73 Å². The van der Waals surface area contributed by atoms with Gasteiger partial charge < -0.3 is 5.73 Å². The molecule has 1 heterocycles. The fourth-order valence-corrected chi connectivity index (χ4v) is 1.71. The summed E-state index contributed by atoms with van der Waals surface area (Å²) in [6.45, 7) is 0. The Kier molecular flexibility index (Phi) is 2.24. The van der Waals surface area contributed by atoms with E-state index in [-0.39, 0.29) is 17.9 Å². The minimum Gasteiger partial charge on any atom is -0.324 e.